The van der Waals surface area contributed by atoms with Crippen LogP contribution in [0.15, 0.2) is 22.5 Å². The number of H-pyrrole nitrogens is 1. The number of primary amides is 1. The van der Waals surface area contributed by atoms with Crippen LogP contribution in [0.5, 0.6) is 0 Å². The third-order valence-corrected chi connectivity index (χ3v) is 7.44. The molecule has 3 heterocycles. The summed E-state index contributed by atoms with van der Waals surface area (Å²) < 4.78 is 26.7. The van der Waals surface area contributed by atoms with Crippen molar-refractivity contribution < 1.29 is 18.1 Å². The SMILES string of the molecule is NC(=O)c1cn[nH]c1[C@H]1CCCN(S(=O)(=O)c2ccc([N+](=O)[O-])s2)C1. The standard InChI is InChI=1S/C13H15N5O5S2/c14-13(19)9-6-15-16-12(9)8-2-1-5-17(7-8)25(22,23)11-4-3-10(24-11)18(20)21/h3-4,6,8H,1-2,5,7H2,(H2,14,19)(H,15,16)/t8-/m0/s1. The lowest BCUT2D eigenvalue weighted by Crippen LogP contribution is -2.39. The molecule has 134 valence electrons. The lowest BCUT2D eigenvalue weighted by Gasteiger charge is -2.31. The Kier molecular flexibility index (Phi) is 4.58. The van der Waals surface area contributed by atoms with Crippen LogP contribution in [0, 0.1) is 10.1 Å². The third kappa shape index (κ3) is 3.27. The van der Waals surface area contributed by atoms with E-state index in [0.29, 0.717) is 36.4 Å². The van der Waals surface area contributed by atoms with Crippen LogP contribution in [-0.4, -0.2) is 46.8 Å². The second-order valence-corrected chi connectivity index (χ2v) is 8.84. The largest absolute Gasteiger partial charge is 0.365 e. The molecule has 0 spiro atoms. The summed E-state index contributed by atoms with van der Waals surface area (Å²) in [7, 11) is -3.83. The summed E-state index contributed by atoms with van der Waals surface area (Å²) >= 11 is 0.625. The molecule has 1 aliphatic rings. The van der Waals surface area contributed by atoms with E-state index in [1.165, 1.54) is 22.6 Å². The van der Waals surface area contributed by atoms with Crippen LogP contribution in [0.2, 0.25) is 0 Å². The molecule has 0 aliphatic carbocycles. The van der Waals surface area contributed by atoms with E-state index in [4.69, 9.17) is 5.73 Å². The van der Waals surface area contributed by atoms with Crippen molar-refractivity contribution in [1.82, 2.24) is 14.5 Å². The van der Waals surface area contributed by atoms with Crippen molar-refractivity contribution in [3.63, 3.8) is 0 Å². The highest BCUT2D eigenvalue weighted by Gasteiger charge is 2.34. The van der Waals surface area contributed by atoms with E-state index in [-0.39, 0.29) is 27.2 Å². The number of thiophene rings is 1. The van der Waals surface area contributed by atoms with Gasteiger partial charge in [-0.25, -0.2) is 8.42 Å². The van der Waals surface area contributed by atoms with Gasteiger partial charge >= 0.3 is 5.00 Å². The molecular weight excluding hydrogens is 370 g/mol. The molecule has 12 heteroatoms. The average Bonchev–Trinajstić information content (AvgIpc) is 3.24. The lowest BCUT2D eigenvalue weighted by atomic mass is 9.93. The Morgan fingerprint density at radius 2 is 2.24 bits per heavy atom. The van der Waals surface area contributed by atoms with Gasteiger partial charge in [0.25, 0.3) is 15.9 Å². The predicted molar refractivity (Wildman–Crippen MR) is 88.8 cm³/mol. The number of nitrogens with two attached hydrogens (primary N) is 1. The molecule has 0 radical (unpaired) electrons. The Labute approximate surface area is 146 Å². The fourth-order valence-electron chi connectivity index (χ4n) is 2.87. The van der Waals surface area contributed by atoms with Crippen LogP contribution in [0.1, 0.15) is 34.8 Å². The van der Waals surface area contributed by atoms with E-state index < -0.39 is 20.9 Å². The molecular formula is C13H15N5O5S2. The molecule has 0 aromatic carbocycles. The summed E-state index contributed by atoms with van der Waals surface area (Å²) in [6.07, 6.45) is 2.60. The minimum absolute atomic E-state index is 0.0698. The molecule has 0 bridgehead atoms. The van der Waals surface area contributed by atoms with E-state index in [1.54, 1.807) is 0 Å². The number of rotatable bonds is 5. The number of amides is 1. The van der Waals surface area contributed by atoms with Gasteiger partial charge < -0.3 is 5.73 Å². The van der Waals surface area contributed by atoms with E-state index in [1.807, 2.05) is 0 Å². The van der Waals surface area contributed by atoms with Crippen molar-refractivity contribution in [2.45, 2.75) is 23.0 Å². The lowest BCUT2D eigenvalue weighted by molar-refractivity contribution is -0.380. The van der Waals surface area contributed by atoms with Gasteiger partial charge in [0.2, 0.25) is 0 Å². The molecule has 25 heavy (non-hydrogen) atoms. The molecule has 10 nitrogen and oxygen atoms in total. The maximum atomic E-state index is 12.8. The fourth-order valence-corrected chi connectivity index (χ4v) is 5.66. The van der Waals surface area contributed by atoms with Gasteiger partial charge in [-0.1, -0.05) is 0 Å². The molecule has 0 unspecified atom stereocenters. The first-order valence-corrected chi connectivity index (χ1v) is 9.64. The van der Waals surface area contributed by atoms with Gasteiger partial charge in [0, 0.05) is 25.1 Å². The third-order valence-electron chi connectivity index (χ3n) is 4.07. The minimum atomic E-state index is -3.83. The van der Waals surface area contributed by atoms with Crippen LogP contribution < -0.4 is 5.73 Å². The monoisotopic (exact) mass is 385 g/mol. The summed E-state index contributed by atoms with van der Waals surface area (Å²) in [6, 6.07) is 2.42. The van der Waals surface area contributed by atoms with Crippen molar-refractivity contribution in [1.29, 1.82) is 0 Å². The summed E-state index contributed by atoms with van der Waals surface area (Å²) in [5.74, 6) is -0.874. The molecule has 1 atom stereocenters. The van der Waals surface area contributed by atoms with Gasteiger partial charge in [-0.2, -0.15) is 9.40 Å². The number of carbonyl (C=O) groups is 1. The highest BCUT2D eigenvalue weighted by Crippen LogP contribution is 2.34. The molecule has 1 amide bonds. The van der Waals surface area contributed by atoms with E-state index in [0.717, 1.165) is 0 Å². The van der Waals surface area contributed by atoms with Crippen LogP contribution in [0.25, 0.3) is 0 Å². The summed E-state index contributed by atoms with van der Waals surface area (Å²) in [4.78, 5) is 21.6. The van der Waals surface area contributed by atoms with Crippen LogP contribution >= 0.6 is 11.3 Å². The average molecular weight is 385 g/mol. The van der Waals surface area contributed by atoms with Crippen molar-refractivity contribution in [2.24, 2.45) is 5.73 Å². The molecule has 1 fully saturated rings. The number of aromatic amines is 1. The zero-order valence-electron chi connectivity index (χ0n) is 12.9. The van der Waals surface area contributed by atoms with Crippen LogP contribution in [0.3, 0.4) is 0 Å². The van der Waals surface area contributed by atoms with Crippen LogP contribution in [-0.2, 0) is 10.0 Å². The van der Waals surface area contributed by atoms with Gasteiger partial charge in [-0.3, -0.25) is 20.0 Å². The Morgan fingerprint density at radius 1 is 1.48 bits per heavy atom. The van der Waals surface area contributed by atoms with Crippen molar-refractivity contribution >= 4 is 32.3 Å². The van der Waals surface area contributed by atoms with Gasteiger partial charge in [-0.15, -0.1) is 0 Å². The summed E-state index contributed by atoms with van der Waals surface area (Å²) in [5, 5.41) is 17.1. The normalized spacial score (nSPS) is 19.0. The van der Waals surface area contributed by atoms with E-state index in [9.17, 15) is 23.3 Å². The second-order valence-electron chi connectivity index (χ2n) is 5.61. The maximum absolute atomic E-state index is 12.8. The molecule has 1 aliphatic heterocycles. The number of piperidine rings is 1. The molecule has 3 rings (SSSR count). The van der Waals surface area contributed by atoms with Gasteiger partial charge in [0.05, 0.1) is 22.4 Å². The topological polar surface area (TPSA) is 152 Å². The van der Waals surface area contributed by atoms with Crippen LogP contribution in [0.4, 0.5) is 5.00 Å². The molecule has 3 N–H and O–H groups in total. The van der Waals surface area contributed by atoms with Gasteiger partial charge in [-0.05, 0) is 30.2 Å². The first-order valence-electron chi connectivity index (χ1n) is 7.38. The van der Waals surface area contributed by atoms with Crippen molar-refractivity contribution in [3.8, 4) is 0 Å². The molecule has 1 saturated heterocycles. The summed E-state index contributed by atoms with van der Waals surface area (Å²) in [6.45, 7) is 0.459. The number of sulfonamides is 1. The molecule has 0 saturated carbocycles. The number of nitro groups is 1. The first-order chi connectivity index (χ1) is 11.8. The van der Waals surface area contributed by atoms with E-state index in [2.05, 4.69) is 10.2 Å². The fraction of sp³-hybridized carbons (Fsp3) is 0.385. The Bertz CT molecular complexity index is 919. The smallest absolute Gasteiger partial charge is 0.325 e. The second kappa shape index (κ2) is 6.54. The Morgan fingerprint density at radius 3 is 2.88 bits per heavy atom. The quantitative estimate of drug-likeness (QED) is 0.579. The van der Waals surface area contributed by atoms with E-state index >= 15 is 0 Å². The number of hydrogen-bond acceptors (Lipinski definition) is 7. The number of carbonyl (C=O) groups excluding carboxylic acids is 1. The Balaban J connectivity index is 1.86. The van der Waals surface area contributed by atoms with Gasteiger partial charge in [0.15, 0.2) is 0 Å². The van der Waals surface area contributed by atoms with Crippen molar-refractivity contribution in [2.75, 3.05) is 13.1 Å². The first kappa shape index (κ1) is 17.5. The Hall–Kier alpha value is -2.31. The summed E-state index contributed by atoms with van der Waals surface area (Å²) in [5.41, 5.74) is 6.08. The predicted octanol–water partition coefficient (Wildman–Crippen LogP) is 1.05. The number of aromatic nitrogens is 2. The van der Waals surface area contributed by atoms with Crippen molar-refractivity contribution in [3.05, 3.63) is 39.7 Å². The molecule has 2 aromatic heterocycles. The highest BCUT2D eigenvalue weighted by molar-refractivity contribution is 7.91. The maximum Gasteiger partial charge on any atom is 0.325 e. The van der Waals surface area contributed by atoms with Gasteiger partial charge in [0.1, 0.15) is 4.21 Å². The zero-order valence-corrected chi connectivity index (χ0v) is 14.5. The number of nitrogens with zero attached hydrogens (tertiary/aromatic N) is 3. The number of hydrogen-bond donors (Lipinski definition) is 2. The zero-order chi connectivity index (χ0) is 18.2. The highest BCUT2D eigenvalue weighted by atomic mass is 32.2. The molecule has 2 aromatic rings. The minimum Gasteiger partial charge on any atom is -0.365 e. The number of nitrogens with one attached hydrogen (secondary N) is 1.